The van der Waals surface area contributed by atoms with Gasteiger partial charge in [-0.15, -0.1) is 0 Å². The van der Waals surface area contributed by atoms with Crippen LogP contribution in [0.2, 0.25) is 0 Å². The third-order valence-electron chi connectivity index (χ3n) is 1.57. The van der Waals surface area contributed by atoms with Crippen molar-refractivity contribution in [2.45, 2.75) is 0 Å². The molecule has 0 saturated carbocycles. The molecule has 7 nitrogen and oxygen atoms in total. The smallest absolute Gasteiger partial charge is 0.398 e. The Morgan fingerprint density at radius 3 is 2.71 bits per heavy atom. The van der Waals surface area contributed by atoms with Crippen LogP contribution in [0.25, 0.3) is 0 Å². The van der Waals surface area contributed by atoms with Crippen molar-refractivity contribution in [2.75, 3.05) is 7.11 Å². The van der Waals surface area contributed by atoms with E-state index in [4.69, 9.17) is 0 Å². The number of rotatable bonds is 2. The van der Waals surface area contributed by atoms with Crippen molar-refractivity contribution in [2.24, 2.45) is 7.05 Å². The van der Waals surface area contributed by atoms with Gasteiger partial charge in [-0.1, -0.05) is 0 Å². The normalized spacial score (nSPS) is 9.93. The third kappa shape index (κ3) is 1.60. The molecule has 14 heavy (non-hydrogen) atoms. The van der Waals surface area contributed by atoms with Gasteiger partial charge in [-0.3, -0.25) is 4.57 Å². The molecule has 0 saturated heterocycles. The first-order valence-electron chi connectivity index (χ1n) is 3.44. The molecule has 0 N–H and O–H groups in total. The maximum atomic E-state index is 11.2. The molecule has 1 aromatic rings. The Hall–Kier alpha value is -1.44. The Bertz CT molecular complexity index is 400. The quantitative estimate of drug-likeness (QED) is 0.449. The van der Waals surface area contributed by atoms with Gasteiger partial charge in [0, 0.05) is 23.0 Å². The van der Waals surface area contributed by atoms with Gasteiger partial charge in [0.15, 0.2) is 0 Å². The van der Waals surface area contributed by atoms with E-state index in [1.165, 1.54) is 11.6 Å². The largest absolute Gasteiger partial charge is 0.464 e. The van der Waals surface area contributed by atoms with Gasteiger partial charge in [-0.25, -0.2) is 4.79 Å². The van der Waals surface area contributed by atoms with Crippen molar-refractivity contribution < 1.29 is 14.5 Å². The van der Waals surface area contributed by atoms with Crippen molar-refractivity contribution in [3.8, 4) is 0 Å². The maximum absolute atomic E-state index is 11.2. The van der Waals surface area contributed by atoms with Crippen LogP contribution in [0.5, 0.6) is 0 Å². The van der Waals surface area contributed by atoms with Gasteiger partial charge in [0.25, 0.3) is 4.73 Å². The summed E-state index contributed by atoms with van der Waals surface area (Å²) in [5.74, 6) is -1.32. The molecule has 1 aromatic heterocycles. The first kappa shape index (κ1) is 10.6. The highest BCUT2D eigenvalue weighted by Crippen LogP contribution is 2.22. The van der Waals surface area contributed by atoms with Gasteiger partial charge >= 0.3 is 11.8 Å². The molecule has 0 aliphatic rings. The number of nitro groups is 1. The zero-order valence-corrected chi connectivity index (χ0v) is 8.94. The van der Waals surface area contributed by atoms with E-state index in [1.54, 1.807) is 0 Å². The SMILES string of the molecule is COC(=O)c1c([N+](=O)[O-])nc(Br)n1C. The predicted octanol–water partition coefficient (Wildman–Crippen LogP) is 0.877. The van der Waals surface area contributed by atoms with Crippen LogP contribution in [0.1, 0.15) is 10.5 Å². The molecule has 0 aliphatic heterocycles. The van der Waals surface area contributed by atoms with Crippen LogP contribution in [-0.4, -0.2) is 27.6 Å². The van der Waals surface area contributed by atoms with E-state index in [0.717, 1.165) is 7.11 Å². The van der Waals surface area contributed by atoms with Crippen LogP contribution in [0.4, 0.5) is 5.82 Å². The molecule has 8 heteroatoms. The molecule has 0 bridgehead atoms. The summed E-state index contributed by atoms with van der Waals surface area (Å²) in [7, 11) is 2.61. The molecule has 0 radical (unpaired) electrons. The molecule has 76 valence electrons. The van der Waals surface area contributed by atoms with Crippen LogP contribution in [0.3, 0.4) is 0 Å². The minimum atomic E-state index is -0.794. The number of hydrogen-bond acceptors (Lipinski definition) is 5. The standard InChI is InChI=1S/C6H6BrN3O4/c1-9-3(5(11)14-2)4(10(12)13)8-6(9)7/h1-2H3. The number of nitrogens with zero attached hydrogens (tertiary/aromatic N) is 3. The van der Waals surface area contributed by atoms with E-state index in [2.05, 4.69) is 25.7 Å². The number of esters is 1. The van der Waals surface area contributed by atoms with Crippen molar-refractivity contribution in [1.29, 1.82) is 0 Å². The highest BCUT2D eigenvalue weighted by Gasteiger charge is 2.30. The fraction of sp³-hybridized carbons (Fsp3) is 0.333. The van der Waals surface area contributed by atoms with E-state index < -0.39 is 16.7 Å². The summed E-state index contributed by atoms with van der Waals surface area (Å²) in [5.41, 5.74) is -0.190. The summed E-state index contributed by atoms with van der Waals surface area (Å²) in [4.78, 5) is 24.5. The summed E-state index contributed by atoms with van der Waals surface area (Å²) in [6.45, 7) is 0. The fourth-order valence-corrected chi connectivity index (χ4v) is 1.26. The lowest BCUT2D eigenvalue weighted by Crippen LogP contribution is -2.10. The molecular weight excluding hydrogens is 258 g/mol. The Balaban J connectivity index is 3.37. The lowest BCUT2D eigenvalue weighted by Gasteiger charge is -1.98. The van der Waals surface area contributed by atoms with Gasteiger partial charge < -0.3 is 14.9 Å². The Kier molecular flexibility index (Phi) is 2.84. The Morgan fingerprint density at radius 1 is 1.71 bits per heavy atom. The average Bonchev–Trinajstić information content (AvgIpc) is 2.43. The number of carbonyl (C=O) groups excluding carboxylic acids is 1. The molecule has 1 rings (SSSR count). The summed E-state index contributed by atoms with van der Waals surface area (Å²) in [6.07, 6.45) is 0. The average molecular weight is 264 g/mol. The number of methoxy groups -OCH3 is 1. The number of aromatic nitrogens is 2. The van der Waals surface area contributed by atoms with Gasteiger partial charge in [0.05, 0.1) is 7.11 Å². The van der Waals surface area contributed by atoms with E-state index in [-0.39, 0.29) is 10.4 Å². The van der Waals surface area contributed by atoms with Gasteiger partial charge in [-0.05, 0) is 9.91 Å². The lowest BCUT2D eigenvalue weighted by atomic mass is 10.4. The molecule has 0 amide bonds. The van der Waals surface area contributed by atoms with Crippen LogP contribution in [-0.2, 0) is 11.8 Å². The summed E-state index contributed by atoms with van der Waals surface area (Å²) in [6, 6.07) is 0. The van der Waals surface area contributed by atoms with E-state index >= 15 is 0 Å². The summed E-state index contributed by atoms with van der Waals surface area (Å²) in [5, 5.41) is 10.5. The number of imidazole rings is 1. The highest BCUT2D eigenvalue weighted by atomic mass is 79.9. The van der Waals surface area contributed by atoms with Crippen molar-refractivity contribution in [3.63, 3.8) is 0 Å². The fourth-order valence-electron chi connectivity index (χ4n) is 0.910. The first-order chi connectivity index (χ1) is 6.49. The molecule has 0 atom stereocenters. The summed E-state index contributed by atoms with van der Waals surface area (Å²) < 4.78 is 5.83. The summed E-state index contributed by atoms with van der Waals surface area (Å²) >= 11 is 2.97. The van der Waals surface area contributed by atoms with Crippen molar-refractivity contribution in [1.82, 2.24) is 9.55 Å². The second-order valence-corrected chi connectivity index (χ2v) is 3.07. The number of carbonyl (C=O) groups is 1. The zero-order chi connectivity index (χ0) is 10.9. The minimum absolute atomic E-state index is 0.190. The number of hydrogen-bond donors (Lipinski definition) is 0. The van der Waals surface area contributed by atoms with Gasteiger partial charge in [0.1, 0.15) is 0 Å². The minimum Gasteiger partial charge on any atom is -0.464 e. The van der Waals surface area contributed by atoms with Crippen LogP contribution in [0.15, 0.2) is 4.73 Å². The second-order valence-electron chi connectivity index (χ2n) is 2.36. The Morgan fingerprint density at radius 2 is 2.29 bits per heavy atom. The molecule has 0 aromatic carbocycles. The van der Waals surface area contributed by atoms with Gasteiger partial charge in [0.2, 0.25) is 5.69 Å². The maximum Gasteiger partial charge on any atom is 0.398 e. The molecule has 0 unspecified atom stereocenters. The highest BCUT2D eigenvalue weighted by molar-refractivity contribution is 9.10. The number of halogens is 1. The zero-order valence-electron chi connectivity index (χ0n) is 7.35. The van der Waals surface area contributed by atoms with Crippen molar-refractivity contribution in [3.05, 3.63) is 20.5 Å². The molecule has 0 fully saturated rings. The second kappa shape index (κ2) is 3.74. The van der Waals surface area contributed by atoms with E-state index in [0.29, 0.717) is 0 Å². The molecule has 0 aliphatic carbocycles. The molecule has 0 spiro atoms. The third-order valence-corrected chi connectivity index (χ3v) is 2.28. The van der Waals surface area contributed by atoms with Crippen molar-refractivity contribution >= 4 is 27.7 Å². The van der Waals surface area contributed by atoms with E-state index in [1.807, 2.05) is 0 Å². The van der Waals surface area contributed by atoms with Crippen LogP contribution >= 0.6 is 15.9 Å². The van der Waals surface area contributed by atoms with Crippen LogP contribution < -0.4 is 0 Å². The van der Waals surface area contributed by atoms with E-state index in [9.17, 15) is 14.9 Å². The van der Waals surface area contributed by atoms with Crippen LogP contribution in [0, 0.1) is 10.1 Å². The predicted molar refractivity (Wildman–Crippen MR) is 48.9 cm³/mol. The molecular formula is C6H6BrN3O4. The monoisotopic (exact) mass is 263 g/mol. The Labute approximate surface area is 87.0 Å². The number of ether oxygens (including phenoxy) is 1. The first-order valence-corrected chi connectivity index (χ1v) is 4.23. The van der Waals surface area contributed by atoms with Gasteiger partial charge in [-0.2, -0.15) is 0 Å². The lowest BCUT2D eigenvalue weighted by molar-refractivity contribution is -0.389. The molecule has 1 heterocycles. The topological polar surface area (TPSA) is 87.3 Å².